The first kappa shape index (κ1) is 16.5. The lowest BCUT2D eigenvalue weighted by Gasteiger charge is -2.18. The topological polar surface area (TPSA) is 79.6 Å². The SMILES string of the molecule is CN1N=C(C(=O)Nc2ccc(-c3cn4c(n3)CCCC4)cc2)CCC1=O. The average molecular weight is 351 g/mol. The number of nitrogens with zero attached hydrogens (tertiary/aromatic N) is 4. The number of hydrogen-bond donors (Lipinski definition) is 1. The Kier molecular flexibility index (Phi) is 4.28. The first-order valence-electron chi connectivity index (χ1n) is 8.92. The van der Waals surface area contributed by atoms with E-state index in [-0.39, 0.29) is 11.8 Å². The second kappa shape index (κ2) is 6.74. The highest BCUT2D eigenvalue weighted by Crippen LogP contribution is 2.24. The smallest absolute Gasteiger partial charge is 0.271 e. The molecule has 1 aromatic carbocycles. The van der Waals surface area contributed by atoms with Gasteiger partial charge in [-0.15, -0.1) is 0 Å². The van der Waals surface area contributed by atoms with E-state index in [2.05, 4.69) is 21.2 Å². The number of anilines is 1. The monoisotopic (exact) mass is 351 g/mol. The Labute approximate surface area is 151 Å². The van der Waals surface area contributed by atoms with Gasteiger partial charge in [-0.25, -0.2) is 9.99 Å². The van der Waals surface area contributed by atoms with E-state index in [4.69, 9.17) is 4.98 Å². The number of benzene rings is 1. The lowest BCUT2D eigenvalue weighted by atomic mass is 10.1. The van der Waals surface area contributed by atoms with Crippen LogP contribution in [0.4, 0.5) is 5.69 Å². The van der Waals surface area contributed by atoms with Crippen LogP contribution < -0.4 is 5.32 Å². The molecule has 7 heteroatoms. The lowest BCUT2D eigenvalue weighted by molar-refractivity contribution is -0.130. The molecule has 2 aliphatic rings. The molecule has 2 aromatic rings. The van der Waals surface area contributed by atoms with Gasteiger partial charge in [0.15, 0.2) is 0 Å². The Morgan fingerprint density at radius 3 is 2.65 bits per heavy atom. The number of imidazole rings is 1. The third-order valence-corrected chi connectivity index (χ3v) is 4.82. The molecule has 26 heavy (non-hydrogen) atoms. The van der Waals surface area contributed by atoms with Gasteiger partial charge in [0.25, 0.3) is 5.91 Å². The Hall–Kier alpha value is -2.96. The fourth-order valence-corrected chi connectivity index (χ4v) is 3.31. The maximum atomic E-state index is 12.3. The van der Waals surface area contributed by atoms with Crippen LogP contribution in [0.5, 0.6) is 0 Å². The molecule has 1 N–H and O–H groups in total. The predicted molar refractivity (Wildman–Crippen MR) is 98.7 cm³/mol. The number of aromatic nitrogens is 2. The van der Waals surface area contributed by atoms with Gasteiger partial charge in [0.1, 0.15) is 11.5 Å². The van der Waals surface area contributed by atoms with Crippen molar-refractivity contribution in [2.45, 2.75) is 38.6 Å². The van der Waals surface area contributed by atoms with E-state index < -0.39 is 0 Å². The van der Waals surface area contributed by atoms with Crippen LogP contribution in [0.2, 0.25) is 0 Å². The standard InChI is InChI=1S/C19H21N5O2/c1-23-18(25)10-9-15(22-23)19(26)20-14-7-5-13(6-8-14)16-12-24-11-3-2-4-17(24)21-16/h5-8,12H,2-4,9-11H2,1H3,(H,20,26). The Balaban J connectivity index is 1.46. The van der Waals surface area contributed by atoms with Gasteiger partial charge in [-0.1, -0.05) is 12.1 Å². The fourth-order valence-electron chi connectivity index (χ4n) is 3.31. The number of aryl methyl sites for hydroxylation is 2. The number of carbonyl (C=O) groups is 2. The van der Waals surface area contributed by atoms with Crippen LogP contribution in [0.1, 0.15) is 31.5 Å². The van der Waals surface area contributed by atoms with Gasteiger partial charge < -0.3 is 9.88 Å². The van der Waals surface area contributed by atoms with E-state index in [1.54, 1.807) is 7.05 Å². The van der Waals surface area contributed by atoms with Crippen molar-refractivity contribution in [2.75, 3.05) is 12.4 Å². The highest BCUT2D eigenvalue weighted by molar-refractivity contribution is 6.43. The molecule has 2 amide bonds. The summed E-state index contributed by atoms with van der Waals surface area (Å²) in [5.41, 5.74) is 3.07. The molecule has 0 spiro atoms. The van der Waals surface area contributed by atoms with Crippen LogP contribution in [-0.4, -0.2) is 39.1 Å². The molecular weight excluding hydrogens is 330 g/mol. The van der Waals surface area contributed by atoms with Gasteiger partial charge in [-0.05, 0) is 25.0 Å². The molecule has 0 aliphatic carbocycles. The summed E-state index contributed by atoms with van der Waals surface area (Å²) >= 11 is 0. The van der Waals surface area contributed by atoms with E-state index in [0.29, 0.717) is 24.2 Å². The van der Waals surface area contributed by atoms with Gasteiger partial charge in [0, 0.05) is 50.3 Å². The minimum atomic E-state index is -0.269. The number of amides is 2. The van der Waals surface area contributed by atoms with Gasteiger partial charge >= 0.3 is 0 Å². The van der Waals surface area contributed by atoms with Gasteiger partial charge in [0.2, 0.25) is 5.91 Å². The van der Waals surface area contributed by atoms with Crippen molar-refractivity contribution in [3.8, 4) is 11.3 Å². The zero-order valence-corrected chi connectivity index (χ0v) is 14.7. The first-order chi connectivity index (χ1) is 12.6. The number of nitrogens with one attached hydrogen (secondary N) is 1. The van der Waals surface area contributed by atoms with Crippen molar-refractivity contribution < 1.29 is 9.59 Å². The average Bonchev–Trinajstić information content (AvgIpc) is 3.08. The van der Waals surface area contributed by atoms with Crippen molar-refractivity contribution in [3.63, 3.8) is 0 Å². The summed E-state index contributed by atoms with van der Waals surface area (Å²) in [6, 6.07) is 7.65. The number of hydrazone groups is 1. The zero-order chi connectivity index (χ0) is 18.1. The number of hydrogen-bond acceptors (Lipinski definition) is 4. The number of rotatable bonds is 3. The van der Waals surface area contributed by atoms with Crippen molar-refractivity contribution in [3.05, 3.63) is 36.3 Å². The zero-order valence-electron chi connectivity index (χ0n) is 14.7. The van der Waals surface area contributed by atoms with E-state index >= 15 is 0 Å². The van der Waals surface area contributed by atoms with Crippen LogP contribution in [0.3, 0.4) is 0 Å². The summed E-state index contributed by atoms with van der Waals surface area (Å²) in [7, 11) is 1.56. The second-order valence-electron chi connectivity index (χ2n) is 6.69. The molecule has 0 radical (unpaired) electrons. The molecule has 0 saturated carbocycles. The summed E-state index contributed by atoms with van der Waals surface area (Å²) in [5, 5.41) is 8.10. The largest absolute Gasteiger partial charge is 0.334 e. The van der Waals surface area contributed by atoms with Crippen LogP contribution >= 0.6 is 0 Å². The molecule has 0 fully saturated rings. The first-order valence-corrected chi connectivity index (χ1v) is 8.92. The normalized spacial score (nSPS) is 16.9. The third-order valence-electron chi connectivity index (χ3n) is 4.82. The molecule has 0 unspecified atom stereocenters. The Morgan fingerprint density at radius 1 is 1.12 bits per heavy atom. The Morgan fingerprint density at radius 2 is 1.92 bits per heavy atom. The number of fused-ring (bicyclic) bond motifs is 1. The minimum absolute atomic E-state index is 0.0753. The van der Waals surface area contributed by atoms with Crippen molar-refractivity contribution in [2.24, 2.45) is 5.10 Å². The second-order valence-corrected chi connectivity index (χ2v) is 6.69. The van der Waals surface area contributed by atoms with E-state index in [9.17, 15) is 9.59 Å². The molecule has 1 aromatic heterocycles. The molecular formula is C19H21N5O2. The van der Waals surface area contributed by atoms with Crippen LogP contribution in [0.25, 0.3) is 11.3 Å². The molecule has 7 nitrogen and oxygen atoms in total. The van der Waals surface area contributed by atoms with Gasteiger partial charge in [-0.3, -0.25) is 9.59 Å². The van der Waals surface area contributed by atoms with Crippen molar-refractivity contribution in [1.82, 2.24) is 14.6 Å². The molecule has 4 rings (SSSR count). The molecule has 3 heterocycles. The molecule has 2 aliphatic heterocycles. The highest BCUT2D eigenvalue weighted by Gasteiger charge is 2.22. The quantitative estimate of drug-likeness (QED) is 0.922. The van der Waals surface area contributed by atoms with Gasteiger partial charge in [-0.2, -0.15) is 5.10 Å². The minimum Gasteiger partial charge on any atom is -0.334 e. The summed E-state index contributed by atoms with van der Waals surface area (Å²) in [6.45, 7) is 1.04. The van der Waals surface area contributed by atoms with Crippen LogP contribution in [0, 0.1) is 0 Å². The van der Waals surface area contributed by atoms with Crippen LogP contribution in [-0.2, 0) is 22.6 Å². The Bertz CT molecular complexity index is 858. The molecule has 0 atom stereocenters. The molecule has 134 valence electrons. The van der Waals surface area contributed by atoms with Crippen molar-refractivity contribution in [1.29, 1.82) is 0 Å². The summed E-state index contributed by atoms with van der Waals surface area (Å²) in [6.07, 6.45) is 6.23. The van der Waals surface area contributed by atoms with Gasteiger partial charge in [0.05, 0.1) is 5.69 Å². The lowest BCUT2D eigenvalue weighted by Crippen LogP contribution is -2.34. The van der Waals surface area contributed by atoms with E-state index in [1.807, 2.05) is 24.3 Å². The summed E-state index contributed by atoms with van der Waals surface area (Å²) < 4.78 is 2.23. The maximum Gasteiger partial charge on any atom is 0.271 e. The van der Waals surface area contributed by atoms with E-state index in [0.717, 1.165) is 30.0 Å². The van der Waals surface area contributed by atoms with Crippen LogP contribution in [0.15, 0.2) is 35.6 Å². The number of carbonyl (C=O) groups excluding carboxylic acids is 2. The molecule has 0 bridgehead atoms. The van der Waals surface area contributed by atoms with Crippen molar-refractivity contribution >= 4 is 23.2 Å². The third kappa shape index (κ3) is 3.24. The summed E-state index contributed by atoms with van der Waals surface area (Å²) in [5.74, 6) is 0.806. The summed E-state index contributed by atoms with van der Waals surface area (Å²) in [4.78, 5) is 28.5. The van der Waals surface area contributed by atoms with E-state index in [1.165, 1.54) is 17.9 Å². The maximum absolute atomic E-state index is 12.3. The molecule has 0 saturated heterocycles. The fraction of sp³-hybridized carbons (Fsp3) is 0.368. The highest BCUT2D eigenvalue weighted by atomic mass is 16.2. The predicted octanol–water partition coefficient (Wildman–Crippen LogP) is 2.43.